The second-order valence-electron chi connectivity index (χ2n) is 5.51. The Hall–Kier alpha value is -2.41. The van der Waals surface area contributed by atoms with Crippen molar-refractivity contribution in [1.29, 1.82) is 0 Å². The molecule has 0 aliphatic carbocycles. The minimum atomic E-state index is -0.365. The van der Waals surface area contributed by atoms with Crippen molar-refractivity contribution in [3.8, 4) is 5.75 Å². The van der Waals surface area contributed by atoms with E-state index in [0.29, 0.717) is 30.8 Å². The Morgan fingerprint density at radius 1 is 1.38 bits per heavy atom. The lowest BCUT2D eigenvalue weighted by atomic mass is 10.2. The number of amides is 2. The number of carbonyl (C=O) groups excluding carboxylic acids is 2. The summed E-state index contributed by atoms with van der Waals surface area (Å²) in [6.45, 7) is 0.890. The highest BCUT2D eigenvalue weighted by Gasteiger charge is 2.21. The van der Waals surface area contributed by atoms with Gasteiger partial charge >= 0.3 is 0 Å². The summed E-state index contributed by atoms with van der Waals surface area (Å²) in [4.78, 5) is 25.5. The van der Waals surface area contributed by atoms with E-state index in [1.807, 2.05) is 16.8 Å². The predicted octanol–water partition coefficient (Wildman–Crippen LogP) is 1.97. The molecule has 1 aromatic carbocycles. The summed E-state index contributed by atoms with van der Waals surface area (Å²) in [7, 11) is 0. The van der Waals surface area contributed by atoms with E-state index in [9.17, 15) is 14.0 Å². The van der Waals surface area contributed by atoms with Crippen molar-refractivity contribution in [2.75, 3.05) is 19.7 Å². The zero-order valence-electron chi connectivity index (χ0n) is 13.0. The van der Waals surface area contributed by atoms with Gasteiger partial charge in [0.1, 0.15) is 11.6 Å². The van der Waals surface area contributed by atoms with Crippen LogP contribution in [0.1, 0.15) is 11.1 Å². The quantitative estimate of drug-likeness (QED) is 0.899. The number of fused-ring (bicyclic) bond motifs is 1. The fraction of sp³-hybridized carbons (Fsp3) is 0.294. The van der Waals surface area contributed by atoms with Crippen molar-refractivity contribution in [2.24, 2.45) is 0 Å². The molecule has 5 nitrogen and oxygen atoms in total. The van der Waals surface area contributed by atoms with E-state index in [1.54, 1.807) is 16.2 Å². The van der Waals surface area contributed by atoms with Crippen LogP contribution in [0.5, 0.6) is 5.75 Å². The first-order valence-electron chi connectivity index (χ1n) is 7.58. The van der Waals surface area contributed by atoms with E-state index in [0.717, 1.165) is 5.56 Å². The lowest BCUT2D eigenvalue weighted by molar-refractivity contribution is -0.133. The number of hydrogen-bond acceptors (Lipinski definition) is 4. The van der Waals surface area contributed by atoms with Crippen molar-refractivity contribution in [3.63, 3.8) is 0 Å². The summed E-state index contributed by atoms with van der Waals surface area (Å²) in [5.41, 5.74) is 1.60. The van der Waals surface area contributed by atoms with Gasteiger partial charge in [-0.1, -0.05) is 0 Å². The van der Waals surface area contributed by atoms with Gasteiger partial charge in [-0.15, -0.1) is 0 Å². The van der Waals surface area contributed by atoms with E-state index in [4.69, 9.17) is 4.74 Å². The van der Waals surface area contributed by atoms with Gasteiger partial charge in [0.2, 0.25) is 5.91 Å². The fourth-order valence-corrected chi connectivity index (χ4v) is 3.18. The first-order valence-corrected chi connectivity index (χ1v) is 8.53. The molecule has 0 saturated carbocycles. The molecule has 24 heavy (non-hydrogen) atoms. The molecule has 2 aromatic rings. The van der Waals surface area contributed by atoms with Crippen molar-refractivity contribution in [2.45, 2.75) is 13.0 Å². The first kappa shape index (κ1) is 16.4. The van der Waals surface area contributed by atoms with Crippen LogP contribution < -0.4 is 10.1 Å². The second kappa shape index (κ2) is 7.44. The standard InChI is InChI=1S/C17H17FN2O3S/c18-14-1-2-15-13(8-14)9-20(17(22)10-23-15)5-4-19-16(21)7-12-3-6-24-11-12/h1-3,6,8,11H,4-5,7,9-10H2,(H,19,21). The monoisotopic (exact) mass is 348 g/mol. The van der Waals surface area contributed by atoms with Gasteiger partial charge in [-0.2, -0.15) is 11.3 Å². The van der Waals surface area contributed by atoms with Gasteiger partial charge in [-0.25, -0.2) is 4.39 Å². The topological polar surface area (TPSA) is 58.6 Å². The zero-order chi connectivity index (χ0) is 16.9. The van der Waals surface area contributed by atoms with E-state index < -0.39 is 0 Å². The number of nitrogens with one attached hydrogen (secondary N) is 1. The minimum Gasteiger partial charge on any atom is -0.483 e. The maximum absolute atomic E-state index is 13.4. The van der Waals surface area contributed by atoms with Crippen LogP contribution in [0.3, 0.4) is 0 Å². The van der Waals surface area contributed by atoms with Gasteiger partial charge in [-0.05, 0) is 40.6 Å². The Morgan fingerprint density at radius 3 is 3.04 bits per heavy atom. The average molecular weight is 348 g/mol. The van der Waals surface area contributed by atoms with Gasteiger partial charge in [-0.3, -0.25) is 9.59 Å². The van der Waals surface area contributed by atoms with Crippen molar-refractivity contribution >= 4 is 23.2 Å². The Morgan fingerprint density at radius 2 is 2.25 bits per heavy atom. The van der Waals surface area contributed by atoms with Crippen molar-refractivity contribution in [1.82, 2.24) is 10.2 Å². The fourth-order valence-electron chi connectivity index (χ4n) is 2.51. The lowest BCUT2D eigenvalue weighted by Gasteiger charge is -2.20. The molecule has 0 fully saturated rings. The number of rotatable bonds is 5. The molecule has 0 radical (unpaired) electrons. The summed E-state index contributed by atoms with van der Waals surface area (Å²) < 4.78 is 18.8. The number of halogens is 1. The molecule has 2 amide bonds. The molecule has 0 atom stereocenters. The summed E-state index contributed by atoms with van der Waals surface area (Å²) in [5.74, 6) is -0.110. The Balaban J connectivity index is 1.54. The molecular formula is C17H17FN2O3S. The third kappa shape index (κ3) is 4.11. The van der Waals surface area contributed by atoms with Gasteiger partial charge in [0.15, 0.2) is 6.61 Å². The molecule has 1 N–H and O–H groups in total. The average Bonchev–Trinajstić information content (AvgIpc) is 3.00. The van der Waals surface area contributed by atoms with Crippen LogP contribution >= 0.6 is 11.3 Å². The highest BCUT2D eigenvalue weighted by molar-refractivity contribution is 7.08. The molecule has 3 rings (SSSR count). The van der Waals surface area contributed by atoms with Crippen molar-refractivity contribution < 1.29 is 18.7 Å². The second-order valence-corrected chi connectivity index (χ2v) is 6.29. The summed E-state index contributed by atoms with van der Waals surface area (Å²) in [6, 6.07) is 6.12. The van der Waals surface area contributed by atoms with Crippen LogP contribution in [0.15, 0.2) is 35.0 Å². The highest BCUT2D eigenvalue weighted by atomic mass is 32.1. The van der Waals surface area contributed by atoms with Gasteiger partial charge in [0.05, 0.1) is 6.42 Å². The number of carbonyl (C=O) groups is 2. The zero-order valence-corrected chi connectivity index (χ0v) is 13.8. The summed E-state index contributed by atoms with van der Waals surface area (Å²) in [6.07, 6.45) is 0.328. The largest absolute Gasteiger partial charge is 0.483 e. The number of nitrogens with zero attached hydrogens (tertiary/aromatic N) is 1. The van der Waals surface area contributed by atoms with E-state index >= 15 is 0 Å². The predicted molar refractivity (Wildman–Crippen MR) is 88.3 cm³/mol. The van der Waals surface area contributed by atoms with Crippen LogP contribution in [0.4, 0.5) is 4.39 Å². The van der Waals surface area contributed by atoms with Crippen molar-refractivity contribution in [3.05, 3.63) is 52.0 Å². The number of benzene rings is 1. The van der Waals surface area contributed by atoms with Gasteiger partial charge < -0.3 is 15.0 Å². The summed E-state index contributed by atoms with van der Waals surface area (Å²) >= 11 is 1.55. The third-order valence-electron chi connectivity index (χ3n) is 3.74. The molecule has 0 spiro atoms. The molecule has 7 heteroatoms. The normalized spacial score (nSPS) is 13.9. The Kier molecular flexibility index (Phi) is 5.10. The van der Waals surface area contributed by atoms with Gasteiger partial charge in [0, 0.05) is 25.2 Å². The molecule has 126 valence electrons. The molecule has 1 aliphatic heterocycles. The highest BCUT2D eigenvalue weighted by Crippen LogP contribution is 2.24. The van der Waals surface area contributed by atoms with E-state index in [-0.39, 0.29) is 30.8 Å². The Labute approximate surface area is 143 Å². The van der Waals surface area contributed by atoms with E-state index in [1.165, 1.54) is 18.2 Å². The summed E-state index contributed by atoms with van der Waals surface area (Å²) in [5, 5.41) is 6.66. The lowest BCUT2D eigenvalue weighted by Crippen LogP contribution is -2.39. The maximum atomic E-state index is 13.4. The molecular weight excluding hydrogens is 331 g/mol. The van der Waals surface area contributed by atoms with Crippen LogP contribution in [0.2, 0.25) is 0 Å². The van der Waals surface area contributed by atoms with E-state index in [2.05, 4.69) is 5.32 Å². The Bertz CT molecular complexity index is 733. The smallest absolute Gasteiger partial charge is 0.260 e. The molecule has 1 aromatic heterocycles. The van der Waals surface area contributed by atoms with Crippen LogP contribution in [0, 0.1) is 5.82 Å². The number of ether oxygens (including phenoxy) is 1. The van der Waals surface area contributed by atoms with Crippen LogP contribution in [0.25, 0.3) is 0 Å². The van der Waals surface area contributed by atoms with Crippen LogP contribution in [-0.4, -0.2) is 36.4 Å². The molecule has 0 unspecified atom stereocenters. The molecule has 0 bridgehead atoms. The SMILES string of the molecule is O=C(Cc1ccsc1)NCCN1Cc2cc(F)ccc2OCC1=O. The first-order chi connectivity index (χ1) is 11.6. The number of hydrogen-bond donors (Lipinski definition) is 1. The van der Waals surface area contributed by atoms with Crippen LogP contribution in [-0.2, 0) is 22.6 Å². The maximum Gasteiger partial charge on any atom is 0.260 e. The molecule has 0 saturated heterocycles. The van der Waals surface area contributed by atoms with Gasteiger partial charge in [0.25, 0.3) is 5.91 Å². The number of thiophene rings is 1. The third-order valence-corrected chi connectivity index (χ3v) is 4.47. The molecule has 2 heterocycles. The molecule has 1 aliphatic rings. The minimum absolute atomic E-state index is 0.0819.